The van der Waals surface area contributed by atoms with Crippen molar-refractivity contribution < 1.29 is 37.6 Å². The summed E-state index contributed by atoms with van der Waals surface area (Å²) in [4.78, 5) is 35.2. The Morgan fingerprint density at radius 2 is 0.809 bits per heavy atom. The van der Waals surface area contributed by atoms with Gasteiger partial charge in [0.2, 0.25) is 0 Å². The zero-order valence-corrected chi connectivity index (χ0v) is 45.2. The monoisotopic (exact) mass is 978 g/mol. The maximum atomic E-state index is 12.7. The molecule has 0 saturated carbocycles. The summed E-state index contributed by atoms with van der Waals surface area (Å²) in [5.41, 5.74) is 5.38. The summed E-state index contributed by atoms with van der Waals surface area (Å²) in [5.74, 6) is -0.817. The zero-order valence-electron chi connectivity index (χ0n) is 44.3. The molecule has 0 rings (SSSR count). The van der Waals surface area contributed by atoms with Crippen molar-refractivity contribution >= 4 is 19.8 Å². The predicted molar refractivity (Wildman–Crippen MR) is 289 cm³/mol. The molecule has 9 nitrogen and oxygen atoms in total. The highest BCUT2D eigenvalue weighted by Crippen LogP contribution is 2.43. The molecule has 0 bridgehead atoms. The highest BCUT2D eigenvalue weighted by Gasteiger charge is 2.26. The number of allylic oxidation sites excluding steroid dienone is 8. The van der Waals surface area contributed by atoms with Gasteiger partial charge in [0.05, 0.1) is 13.2 Å². The first-order valence-corrected chi connectivity index (χ1v) is 30.1. The number of carbonyl (C=O) groups is 2. The lowest BCUT2D eigenvalue weighted by atomic mass is 10.0. The summed E-state index contributed by atoms with van der Waals surface area (Å²) in [6.45, 7) is 3.67. The van der Waals surface area contributed by atoms with Crippen LogP contribution >= 0.6 is 7.82 Å². The third-order valence-corrected chi connectivity index (χ3v) is 13.5. The summed E-state index contributed by atoms with van der Waals surface area (Å²) in [7, 11) is -4.39. The number of ether oxygens (including phenoxy) is 2. The van der Waals surface area contributed by atoms with E-state index in [2.05, 4.69) is 62.5 Å². The molecular formula is C58H108NO8P. The fourth-order valence-corrected chi connectivity index (χ4v) is 9.04. The Morgan fingerprint density at radius 1 is 0.456 bits per heavy atom. The van der Waals surface area contributed by atoms with Crippen LogP contribution < -0.4 is 5.73 Å². The average Bonchev–Trinajstić information content (AvgIpc) is 3.33. The fourth-order valence-electron chi connectivity index (χ4n) is 8.28. The minimum Gasteiger partial charge on any atom is -0.462 e. The maximum absolute atomic E-state index is 12.7. The third kappa shape index (κ3) is 53.3. The number of nitrogens with two attached hydrogens (primary N) is 1. The topological polar surface area (TPSA) is 134 Å². The normalized spacial score (nSPS) is 13.4. The van der Waals surface area contributed by atoms with E-state index in [1.165, 1.54) is 180 Å². The molecule has 0 aliphatic rings. The quantitative estimate of drug-likeness (QED) is 0.0264. The number of rotatable bonds is 54. The summed E-state index contributed by atoms with van der Waals surface area (Å²) >= 11 is 0. The molecule has 68 heavy (non-hydrogen) atoms. The minimum atomic E-state index is -4.39. The van der Waals surface area contributed by atoms with Gasteiger partial charge in [-0.25, -0.2) is 4.57 Å². The van der Waals surface area contributed by atoms with Gasteiger partial charge in [-0.1, -0.05) is 262 Å². The van der Waals surface area contributed by atoms with Crippen molar-refractivity contribution in [3.05, 3.63) is 48.6 Å². The van der Waals surface area contributed by atoms with E-state index in [0.29, 0.717) is 6.42 Å². The molecule has 0 amide bonds. The molecule has 2 unspecified atom stereocenters. The number of hydrogen-bond donors (Lipinski definition) is 2. The summed E-state index contributed by atoms with van der Waals surface area (Å²) in [6.07, 6.45) is 65.9. The second-order valence-electron chi connectivity index (χ2n) is 19.1. The van der Waals surface area contributed by atoms with Crippen LogP contribution in [-0.2, 0) is 32.7 Å². The van der Waals surface area contributed by atoms with Crippen LogP contribution in [0.1, 0.15) is 277 Å². The molecule has 0 aliphatic heterocycles. The van der Waals surface area contributed by atoms with Gasteiger partial charge in [0.15, 0.2) is 6.10 Å². The Labute approximate surface area is 419 Å². The largest absolute Gasteiger partial charge is 0.472 e. The van der Waals surface area contributed by atoms with Crippen LogP contribution in [0.4, 0.5) is 0 Å². The summed E-state index contributed by atoms with van der Waals surface area (Å²) < 4.78 is 33.0. The van der Waals surface area contributed by atoms with Crippen LogP contribution in [0.5, 0.6) is 0 Å². The second-order valence-corrected chi connectivity index (χ2v) is 20.6. The van der Waals surface area contributed by atoms with Crippen molar-refractivity contribution in [2.24, 2.45) is 5.73 Å². The van der Waals surface area contributed by atoms with Crippen LogP contribution in [0.15, 0.2) is 48.6 Å². The lowest BCUT2D eigenvalue weighted by Gasteiger charge is -2.19. The Hall–Kier alpha value is -2.03. The number of carbonyl (C=O) groups excluding carboxylic acids is 2. The summed E-state index contributed by atoms with van der Waals surface area (Å²) in [6, 6.07) is 0. The molecule has 398 valence electrons. The SMILES string of the molecule is CC/C=C\C/C=C\C/C=C\C/C=C\CCCCCCCCCCCCCCC(=O)OC(COC(=O)CCCCCCCCCCCCCCCCCCCCCCCC)COP(=O)(O)OCCN. The van der Waals surface area contributed by atoms with Gasteiger partial charge in [0, 0.05) is 19.4 Å². The number of unbranched alkanes of at least 4 members (excludes halogenated alkanes) is 33. The Balaban J connectivity index is 3.96. The van der Waals surface area contributed by atoms with Crippen molar-refractivity contribution in [1.82, 2.24) is 0 Å². The molecular weight excluding hydrogens is 870 g/mol. The van der Waals surface area contributed by atoms with Gasteiger partial charge >= 0.3 is 19.8 Å². The van der Waals surface area contributed by atoms with Gasteiger partial charge in [0.1, 0.15) is 6.61 Å². The molecule has 2 atom stereocenters. The molecule has 10 heteroatoms. The van der Waals surface area contributed by atoms with Crippen molar-refractivity contribution in [2.75, 3.05) is 26.4 Å². The first-order chi connectivity index (χ1) is 33.3. The molecule has 0 fully saturated rings. The molecule has 3 N–H and O–H groups in total. The number of esters is 2. The van der Waals surface area contributed by atoms with E-state index in [1.54, 1.807) is 0 Å². The summed E-state index contributed by atoms with van der Waals surface area (Å²) in [5, 5.41) is 0. The first kappa shape index (κ1) is 66.0. The lowest BCUT2D eigenvalue weighted by molar-refractivity contribution is -0.161. The highest BCUT2D eigenvalue weighted by molar-refractivity contribution is 7.47. The van der Waals surface area contributed by atoms with Gasteiger partial charge in [-0.2, -0.15) is 0 Å². The van der Waals surface area contributed by atoms with Crippen molar-refractivity contribution in [1.29, 1.82) is 0 Å². The zero-order chi connectivity index (χ0) is 49.5. The van der Waals surface area contributed by atoms with E-state index in [4.69, 9.17) is 24.3 Å². The van der Waals surface area contributed by atoms with Gasteiger partial charge in [-0.15, -0.1) is 0 Å². The Kier molecular flexibility index (Phi) is 52.7. The number of hydrogen-bond acceptors (Lipinski definition) is 8. The van der Waals surface area contributed by atoms with E-state index in [-0.39, 0.29) is 38.6 Å². The molecule has 0 heterocycles. The van der Waals surface area contributed by atoms with Crippen LogP contribution in [-0.4, -0.2) is 49.3 Å². The minimum absolute atomic E-state index is 0.0537. The van der Waals surface area contributed by atoms with Crippen LogP contribution in [0.3, 0.4) is 0 Å². The lowest BCUT2D eigenvalue weighted by Crippen LogP contribution is -2.29. The van der Waals surface area contributed by atoms with E-state index in [9.17, 15) is 19.0 Å². The van der Waals surface area contributed by atoms with Gasteiger partial charge < -0.3 is 20.1 Å². The van der Waals surface area contributed by atoms with Crippen LogP contribution in [0.25, 0.3) is 0 Å². The van der Waals surface area contributed by atoms with Crippen molar-refractivity contribution in [3.63, 3.8) is 0 Å². The van der Waals surface area contributed by atoms with Gasteiger partial charge in [0.25, 0.3) is 0 Å². The standard InChI is InChI=1S/C58H108NO8P/c1-3-5-7-9-11-13-15-17-19-21-23-25-27-28-29-31-33-35-37-39-41-43-45-47-49-51-58(61)67-56(55-66-68(62,63)65-53-52-59)54-64-57(60)50-48-46-44-42-40-38-36-34-32-30-26-24-22-20-18-16-14-12-10-8-6-4-2/h5,7,11,13,17,19,23,25,56H,3-4,6,8-10,12,14-16,18,20-22,24,26-55,59H2,1-2H3,(H,62,63)/b7-5-,13-11-,19-17-,25-23-. The molecule has 0 spiro atoms. The molecule has 0 saturated heterocycles. The molecule has 0 aromatic heterocycles. The highest BCUT2D eigenvalue weighted by atomic mass is 31.2. The van der Waals surface area contributed by atoms with E-state index in [1.807, 2.05) is 0 Å². The molecule has 0 radical (unpaired) electrons. The molecule has 0 aliphatic carbocycles. The molecule has 0 aromatic carbocycles. The number of phosphoric ester groups is 1. The fraction of sp³-hybridized carbons (Fsp3) is 0.828. The van der Waals surface area contributed by atoms with Crippen molar-refractivity contribution in [2.45, 2.75) is 283 Å². The van der Waals surface area contributed by atoms with Gasteiger partial charge in [-0.05, 0) is 51.4 Å². The predicted octanol–water partition coefficient (Wildman–Crippen LogP) is 17.8. The van der Waals surface area contributed by atoms with E-state index in [0.717, 1.165) is 64.2 Å². The van der Waals surface area contributed by atoms with E-state index < -0.39 is 26.5 Å². The smallest absolute Gasteiger partial charge is 0.462 e. The molecule has 0 aromatic rings. The van der Waals surface area contributed by atoms with Crippen LogP contribution in [0.2, 0.25) is 0 Å². The first-order valence-electron chi connectivity index (χ1n) is 28.6. The second kappa shape index (κ2) is 54.3. The third-order valence-electron chi connectivity index (χ3n) is 12.5. The Bertz CT molecular complexity index is 1250. The van der Waals surface area contributed by atoms with Crippen LogP contribution in [0, 0.1) is 0 Å². The van der Waals surface area contributed by atoms with Gasteiger partial charge in [-0.3, -0.25) is 18.6 Å². The maximum Gasteiger partial charge on any atom is 0.472 e. The van der Waals surface area contributed by atoms with E-state index >= 15 is 0 Å². The van der Waals surface area contributed by atoms with Crippen molar-refractivity contribution in [3.8, 4) is 0 Å². The Morgan fingerprint density at radius 3 is 1.21 bits per heavy atom. The average molecular weight is 978 g/mol. The number of phosphoric acid groups is 1.